The van der Waals surface area contributed by atoms with E-state index < -0.39 is 0 Å². The van der Waals surface area contributed by atoms with Crippen LogP contribution in [0.2, 0.25) is 0 Å². The van der Waals surface area contributed by atoms with Gasteiger partial charge in [-0.25, -0.2) is 4.98 Å². The Morgan fingerprint density at radius 3 is 3.05 bits per heavy atom. The predicted molar refractivity (Wildman–Crippen MR) is 80.3 cm³/mol. The van der Waals surface area contributed by atoms with E-state index in [1.165, 1.54) is 31.2 Å². The van der Waals surface area contributed by atoms with Crippen molar-refractivity contribution >= 4 is 17.6 Å². The summed E-state index contributed by atoms with van der Waals surface area (Å²) in [6.07, 6.45) is 7.48. The van der Waals surface area contributed by atoms with E-state index in [9.17, 15) is 0 Å². The van der Waals surface area contributed by atoms with Crippen LogP contribution in [-0.4, -0.2) is 28.5 Å². The van der Waals surface area contributed by atoms with Gasteiger partial charge in [0.15, 0.2) is 0 Å². The fourth-order valence-corrected chi connectivity index (χ4v) is 4.20. The molecule has 0 saturated heterocycles. The zero-order valence-corrected chi connectivity index (χ0v) is 12.0. The molecule has 2 fully saturated rings. The van der Waals surface area contributed by atoms with Crippen molar-refractivity contribution in [1.29, 1.82) is 0 Å². The van der Waals surface area contributed by atoms with Gasteiger partial charge in [-0.15, -0.1) is 0 Å². The van der Waals surface area contributed by atoms with E-state index in [1.54, 1.807) is 11.8 Å². The molecule has 0 spiro atoms. The summed E-state index contributed by atoms with van der Waals surface area (Å²) in [6, 6.07) is 4.87. The maximum absolute atomic E-state index is 8.80. The van der Waals surface area contributed by atoms with Gasteiger partial charge in [-0.3, -0.25) is 0 Å². The third-order valence-corrected chi connectivity index (χ3v) is 5.41. The first-order valence-electron chi connectivity index (χ1n) is 7.25. The first-order valence-corrected chi connectivity index (χ1v) is 8.40. The predicted octanol–water partition coefficient (Wildman–Crippen LogP) is 2.91. The highest BCUT2D eigenvalue weighted by molar-refractivity contribution is 7.98. The fraction of sp³-hybridized carbons (Fsp3) is 0.667. The van der Waals surface area contributed by atoms with Gasteiger partial charge in [0.25, 0.3) is 0 Å². The molecule has 3 atom stereocenters. The molecular formula is C15H22N2OS. The van der Waals surface area contributed by atoms with E-state index >= 15 is 0 Å². The lowest BCUT2D eigenvalue weighted by molar-refractivity contribution is 0.322. The summed E-state index contributed by atoms with van der Waals surface area (Å²) >= 11 is 1.76. The monoisotopic (exact) mass is 278 g/mol. The van der Waals surface area contributed by atoms with Gasteiger partial charge in [0.1, 0.15) is 5.82 Å². The number of pyridine rings is 1. The van der Waals surface area contributed by atoms with Crippen molar-refractivity contribution in [3.63, 3.8) is 0 Å². The van der Waals surface area contributed by atoms with Crippen LogP contribution < -0.4 is 5.32 Å². The number of aromatic nitrogens is 1. The minimum Gasteiger partial charge on any atom is -0.396 e. The van der Waals surface area contributed by atoms with Crippen molar-refractivity contribution in [3.05, 3.63) is 23.9 Å². The van der Waals surface area contributed by atoms with Crippen LogP contribution in [0, 0.1) is 11.8 Å². The Balaban J connectivity index is 1.57. The van der Waals surface area contributed by atoms with Crippen LogP contribution in [0.15, 0.2) is 18.3 Å². The van der Waals surface area contributed by atoms with Crippen LogP contribution in [0.5, 0.6) is 0 Å². The largest absolute Gasteiger partial charge is 0.396 e. The van der Waals surface area contributed by atoms with Crippen LogP contribution in [0.3, 0.4) is 0 Å². The molecule has 0 aliphatic heterocycles. The smallest absolute Gasteiger partial charge is 0.126 e. The summed E-state index contributed by atoms with van der Waals surface area (Å²) in [5.41, 5.74) is 1.29. The second kappa shape index (κ2) is 6.14. The molecule has 2 saturated carbocycles. The van der Waals surface area contributed by atoms with Crippen molar-refractivity contribution in [2.45, 2.75) is 37.5 Å². The third kappa shape index (κ3) is 3.23. The van der Waals surface area contributed by atoms with Crippen LogP contribution in [0.4, 0.5) is 5.82 Å². The Morgan fingerprint density at radius 1 is 1.37 bits per heavy atom. The Bertz CT molecular complexity index is 426. The normalized spacial score (nSPS) is 28.8. The van der Waals surface area contributed by atoms with E-state index in [1.807, 2.05) is 6.20 Å². The van der Waals surface area contributed by atoms with Gasteiger partial charge in [-0.2, -0.15) is 11.8 Å². The standard InChI is InChI=1S/C15H22N2OS/c18-5-6-19-10-12-3-4-16-15(9-12)17-14-8-11-1-2-13(14)7-11/h3-4,9,11,13-14,18H,1-2,5-8,10H2,(H,16,17). The molecule has 3 unspecified atom stereocenters. The number of anilines is 1. The Labute approximate surface area is 119 Å². The summed E-state index contributed by atoms with van der Waals surface area (Å²) in [4.78, 5) is 4.44. The van der Waals surface area contributed by atoms with Crippen LogP contribution >= 0.6 is 11.8 Å². The van der Waals surface area contributed by atoms with Crippen molar-refractivity contribution in [1.82, 2.24) is 4.98 Å². The van der Waals surface area contributed by atoms with Gasteiger partial charge in [-0.05, 0) is 48.8 Å². The van der Waals surface area contributed by atoms with Gasteiger partial charge in [0.05, 0.1) is 6.61 Å². The van der Waals surface area contributed by atoms with E-state index in [0.717, 1.165) is 29.2 Å². The molecule has 0 amide bonds. The molecule has 2 aliphatic carbocycles. The molecule has 104 valence electrons. The highest BCUT2D eigenvalue weighted by atomic mass is 32.2. The van der Waals surface area contributed by atoms with Gasteiger partial charge in [-0.1, -0.05) is 6.42 Å². The second-order valence-corrected chi connectivity index (χ2v) is 6.86. The fourth-order valence-electron chi connectivity index (χ4n) is 3.51. The Morgan fingerprint density at radius 2 is 2.32 bits per heavy atom. The van der Waals surface area contributed by atoms with E-state index in [4.69, 9.17) is 5.11 Å². The summed E-state index contributed by atoms with van der Waals surface area (Å²) in [5.74, 6) is 4.62. The Kier molecular flexibility index (Phi) is 4.28. The molecule has 2 aliphatic rings. The number of aliphatic hydroxyl groups is 1. The van der Waals surface area contributed by atoms with E-state index in [0.29, 0.717) is 6.04 Å². The number of aliphatic hydroxyl groups excluding tert-OH is 1. The van der Waals surface area contributed by atoms with Gasteiger partial charge in [0.2, 0.25) is 0 Å². The summed E-state index contributed by atoms with van der Waals surface area (Å²) < 4.78 is 0. The average Bonchev–Trinajstić information content (AvgIpc) is 3.02. The molecule has 0 aromatic carbocycles. The minimum atomic E-state index is 0.256. The van der Waals surface area contributed by atoms with Crippen LogP contribution in [0.25, 0.3) is 0 Å². The topological polar surface area (TPSA) is 45.2 Å². The first kappa shape index (κ1) is 13.3. The molecule has 1 heterocycles. The lowest BCUT2D eigenvalue weighted by Crippen LogP contribution is -2.26. The van der Waals surface area contributed by atoms with Crippen LogP contribution in [0.1, 0.15) is 31.2 Å². The average molecular weight is 278 g/mol. The minimum absolute atomic E-state index is 0.256. The molecular weight excluding hydrogens is 256 g/mol. The number of hydrogen-bond donors (Lipinski definition) is 2. The van der Waals surface area contributed by atoms with Gasteiger partial charge >= 0.3 is 0 Å². The highest BCUT2D eigenvalue weighted by Crippen LogP contribution is 2.45. The number of fused-ring (bicyclic) bond motifs is 2. The summed E-state index contributed by atoms with van der Waals surface area (Å²) in [5, 5.41) is 12.4. The molecule has 2 bridgehead atoms. The zero-order chi connectivity index (χ0) is 13.1. The molecule has 0 radical (unpaired) electrons. The molecule has 1 aromatic rings. The molecule has 2 N–H and O–H groups in total. The highest BCUT2D eigenvalue weighted by Gasteiger charge is 2.39. The summed E-state index contributed by atoms with van der Waals surface area (Å²) in [7, 11) is 0. The Hall–Kier alpha value is -0.740. The zero-order valence-electron chi connectivity index (χ0n) is 11.2. The summed E-state index contributed by atoms with van der Waals surface area (Å²) in [6.45, 7) is 0.256. The maximum atomic E-state index is 8.80. The number of rotatable bonds is 6. The van der Waals surface area contributed by atoms with E-state index in [2.05, 4.69) is 22.4 Å². The van der Waals surface area contributed by atoms with Crippen molar-refractivity contribution in [2.75, 3.05) is 17.7 Å². The van der Waals surface area contributed by atoms with Gasteiger partial charge in [0, 0.05) is 23.7 Å². The van der Waals surface area contributed by atoms with Crippen molar-refractivity contribution in [2.24, 2.45) is 11.8 Å². The van der Waals surface area contributed by atoms with E-state index in [-0.39, 0.29) is 6.61 Å². The molecule has 3 rings (SSSR count). The first-order chi connectivity index (χ1) is 9.35. The lowest BCUT2D eigenvalue weighted by Gasteiger charge is -2.23. The maximum Gasteiger partial charge on any atom is 0.126 e. The number of nitrogens with one attached hydrogen (secondary N) is 1. The van der Waals surface area contributed by atoms with Gasteiger partial charge < -0.3 is 10.4 Å². The van der Waals surface area contributed by atoms with Crippen LogP contribution in [-0.2, 0) is 5.75 Å². The van der Waals surface area contributed by atoms with Crippen molar-refractivity contribution < 1.29 is 5.11 Å². The van der Waals surface area contributed by atoms with Crippen molar-refractivity contribution in [3.8, 4) is 0 Å². The number of hydrogen-bond acceptors (Lipinski definition) is 4. The number of thioether (sulfide) groups is 1. The quantitative estimate of drug-likeness (QED) is 0.785. The molecule has 4 heteroatoms. The number of nitrogens with zero attached hydrogens (tertiary/aromatic N) is 1. The molecule has 19 heavy (non-hydrogen) atoms. The SMILES string of the molecule is OCCSCc1ccnc(NC2CC3CCC2C3)c1. The lowest BCUT2D eigenvalue weighted by atomic mass is 9.95. The second-order valence-electron chi connectivity index (χ2n) is 5.75. The molecule has 1 aromatic heterocycles. The molecule has 3 nitrogen and oxygen atoms in total. The third-order valence-electron chi connectivity index (χ3n) is 4.40.